The first-order chi connectivity index (χ1) is 7.57. The molecule has 1 radical (unpaired) electrons. The molecule has 1 heteroatoms. The van der Waals surface area contributed by atoms with Gasteiger partial charge in [-0.05, 0) is 28.5 Å². The molecule has 17 heavy (non-hydrogen) atoms. The van der Waals surface area contributed by atoms with Crippen LogP contribution in [-0.4, -0.2) is 5.11 Å². The number of aromatic hydroxyl groups is 1. The largest absolute Gasteiger partial charge is 0.507 e. The second kappa shape index (κ2) is 4.21. The molecule has 1 nitrogen and oxygen atoms in total. The summed E-state index contributed by atoms with van der Waals surface area (Å²) in [6, 6.07) is 3.93. The third-order valence-corrected chi connectivity index (χ3v) is 2.94. The maximum Gasteiger partial charge on any atom is 0.123 e. The lowest BCUT2D eigenvalue weighted by atomic mass is 9.78. The number of hydrogen-bond acceptors (Lipinski definition) is 1. The van der Waals surface area contributed by atoms with Gasteiger partial charge in [0.05, 0.1) is 0 Å². The average Bonchev–Trinajstić information content (AvgIpc) is 2.14. The van der Waals surface area contributed by atoms with Crippen molar-refractivity contribution in [1.29, 1.82) is 0 Å². The van der Waals surface area contributed by atoms with Crippen LogP contribution in [0.3, 0.4) is 0 Å². The van der Waals surface area contributed by atoms with Crippen LogP contribution in [0.15, 0.2) is 12.1 Å². The summed E-state index contributed by atoms with van der Waals surface area (Å²) >= 11 is 0. The molecule has 0 amide bonds. The third-order valence-electron chi connectivity index (χ3n) is 2.94. The van der Waals surface area contributed by atoms with Gasteiger partial charge in [-0.2, -0.15) is 0 Å². The Bertz CT molecular complexity index is 393. The zero-order valence-corrected chi connectivity index (χ0v) is 11.8. The molecular formula is C16H23O. The Hall–Kier alpha value is -1.24. The number of rotatable bonds is 1. The average molecular weight is 231 g/mol. The molecule has 1 N–H and O–H groups in total. The topological polar surface area (TPSA) is 20.2 Å². The van der Waals surface area contributed by atoms with Gasteiger partial charge < -0.3 is 5.11 Å². The Morgan fingerprint density at radius 1 is 0.941 bits per heavy atom. The van der Waals surface area contributed by atoms with Crippen LogP contribution < -0.4 is 0 Å². The lowest BCUT2D eigenvalue weighted by molar-refractivity contribution is 0.423. The quantitative estimate of drug-likeness (QED) is 0.758. The van der Waals surface area contributed by atoms with E-state index < -0.39 is 0 Å². The molecule has 0 spiro atoms. The molecule has 0 unspecified atom stereocenters. The van der Waals surface area contributed by atoms with Gasteiger partial charge in [0.2, 0.25) is 0 Å². The molecule has 0 heterocycles. The molecule has 0 bridgehead atoms. The second-order valence-corrected chi connectivity index (χ2v) is 6.63. The Labute approximate surface area is 105 Å². The SMILES string of the molecule is [CH]=Cc1cc(C(C)(C)C)c(O)c(C(C)(C)C)c1. The molecule has 0 aliphatic rings. The Morgan fingerprint density at radius 2 is 1.29 bits per heavy atom. The molecule has 0 saturated carbocycles. The summed E-state index contributed by atoms with van der Waals surface area (Å²) in [6.07, 6.45) is 1.59. The minimum atomic E-state index is -0.0941. The van der Waals surface area contributed by atoms with Crippen molar-refractivity contribution < 1.29 is 5.11 Å². The molecular weight excluding hydrogens is 208 g/mol. The van der Waals surface area contributed by atoms with Gasteiger partial charge in [-0.3, -0.25) is 0 Å². The molecule has 0 aliphatic heterocycles. The van der Waals surface area contributed by atoms with Crippen molar-refractivity contribution in [2.24, 2.45) is 0 Å². The fraction of sp³-hybridized carbons (Fsp3) is 0.500. The standard InChI is InChI=1S/C16H23O/c1-8-11-9-12(15(2,3)4)14(17)13(10-11)16(5,6)7/h1,8-10,17H,2-7H3. The van der Waals surface area contributed by atoms with Crippen molar-refractivity contribution in [1.82, 2.24) is 0 Å². The van der Waals surface area contributed by atoms with Gasteiger partial charge in [0.15, 0.2) is 0 Å². The van der Waals surface area contributed by atoms with E-state index in [0.29, 0.717) is 5.75 Å². The Morgan fingerprint density at radius 3 is 1.53 bits per heavy atom. The number of benzene rings is 1. The summed E-state index contributed by atoms with van der Waals surface area (Å²) in [5.41, 5.74) is 2.66. The summed E-state index contributed by atoms with van der Waals surface area (Å²) in [6.45, 7) is 18.2. The van der Waals surface area contributed by atoms with Gasteiger partial charge >= 0.3 is 0 Å². The molecule has 1 aromatic rings. The van der Waals surface area contributed by atoms with Gasteiger partial charge in [0, 0.05) is 11.1 Å². The van der Waals surface area contributed by atoms with Gasteiger partial charge in [0.25, 0.3) is 0 Å². The lowest BCUT2D eigenvalue weighted by Gasteiger charge is -2.27. The van der Waals surface area contributed by atoms with E-state index in [1.807, 2.05) is 12.1 Å². The first kappa shape index (κ1) is 13.8. The normalized spacial score (nSPS) is 12.6. The molecule has 93 valence electrons. The van der Waals surface area contributed by atoms with E-state index in [4.69, 9.17) is 6.58 Å². The van der Waals surface area contributed by atoms with Crippen molar-refractivity contribution in [3.05, 3.63) is 35.4 Å². The summed E-state index contributed by atoms with van der Waals surface area (Å²) < 4.78 is 0. The van der Waals surface area contributed by atoms with Crippen molar-refractivity contribution in [3.63, 3.8) is 0 Å². The molecule has 0 aliphatic carbocycles. The van der Waals surface area contributed by atoms with Crippen LogP contribution in [0, 0.1) is 6.58 Å². The van der Waals surface area contributed by atoms with Crippen LogP contribution in [0.1, 0.15) is 58.2 Å². The summed E-state index contributed by atoms with van der Waals surface area (Å²) in [4.78, 5) is 0. The van der Waals surface area contributed by atoms with Crippen LogP contribution in [-0.2, 0) is 10.8 Å². The minimum Gasteiger partial charge on any atom is -0.507 e. The highest BCUT2D eigenvalue weighted by atomic mass is 16.3. The summed E-state index contributed by atoms with van der Waals surface area (Å²) in [5, 5.41) is 10.4. The number of hydrogen-bond donors (Lipinski definition) is 1. The van der Waals surface area contributed by atoms with E-state index in [0.717, 1.165) is 16.7 Å². The number of phenols is 1. The fourth-order valence-corrected chi connectivity index (χ4v) is 1.90. The van der Waals surface area contributed by atoms with Crippen molar-refractivity contribution in [2.75, 3.05) is 0 Å². The molecule has 0 aromatic heterocycles. The maximum atomic E-state index is 10.4. The third kappa shape index (κ3) is 2.91. The van der Waals surface area contributed by atoms with E-state index in [-0.39, 0.29) is 10.8 Å². The highest BCUT2D eigenvalue weighted by molar-refractivity contribution is 5.57. The Balaban J connectivity index is 3.59. The zero-order chi connectivity index (χ0) is 13.4. The molecule has 0 saturated heterocycles. The predicted octanol–water partition coefficient (Wildman–Crippen LogP) is 4.43. The fourth-order valence-electron chi connectivity index (χ4n) is 1.90. The van der Waals surface area contributed by atoms with E-state index in [1.54, 1.807) is 6.08 Å². The van der Waals surface area contributed by atoms with Crippen LogP contribution >= 0.6 is 0 Å². The van der Waals surface area contributed by atoms with E-state index in [1.165, 1.54) is 0 Å². The maximum absolute atomic E-state index is 10.4. The first-order valence-corrected chi connectivity index (χ1v) is 6.00. The molecule has 0 fully saturated rings. The van der Waals surface area contributed by atoms with E-state index in [9.17, 15) is 5.11 Å². The van der Waals surface area contributed by atoms with Crippen LogP contribution in [0.5, 0.6) is 5.75 Å². The van der Waals surface area contributed by atoms with Crippen LogP contribution in [0.4, 0.5) is 0 Å². The summed E-state index contributed by atoms with van der Waals surface area (Å²) in [5.74, 6) is 0.399. The highest BCUT2D eigenvalue weighted by Gasteiger charge is 2.25. The van der Waals surface area contributed by atoms with E-state index >= 15 is 0 Å². The lowest BCUT2D eigenvalue weighted by Crippen LogP contribution is -2.17. The van der Waals surface area contributed by atoms with Gasteiger partial charge in [-0.15, -0.1) is 0 Å². The predicted molar refractivity (Wildman–Crippen MR) is 74.3 cm³/mol. The van der Waals surface area contributed by atoms with Gasteiger partial charge in [0.1, 0.15) is 5.75 Å². The Kier molecular flexibility index (Phi) is 3.42. The van der Waals surface area contributed by atoms with Crippen molar-refractivity contribution in [2.45, 2.75) is 52.4 Å². The molecule has 0 atom stereocenters. The smallest absolute Gasteiger partial charge is 0.123 e. The van der Waals surface area contributed by atoms with Crippen LogP contribution in [0.2, 0.25) is 0 Å². The van der Waals surface area contributed by atoms with Crippen LogP contribution in [0.25, 0.3) is 6.08 Å². The molecule has 1 rings (SSSR count). The highest BCUT2D eigenvalue weighted by Crippen LogP contribution is 2.39. The zero-order valence-electron chi connectivity index (χ0n) is 11.8. The van der Waals surface area contributed by atoms with E-state index in [2.05, 4.69) is 41.5 Å². The molecule has 1 aromatic carbocycles. The van der Waals surface area contributed by atoms with Gasteiger partial charge in [-0.1, -0.05) is 54.2 Å². The number of phenolic OH excluding ortho intramolecular Hbond substituents is 1. The minimum absolute atomic E-state index is 0.0941. The second-order valence-electron chi connectivity index (χ2n) is 6.63. The van der Waals surface area contributed by atoms with Crippen molar-refractivity contribution in [3.8, 4) is 5.75 Å². The van der Waals surface area contributed by atoms with Crippen molar-refractivity contribution >= 4 is 6.08 Å². The first-order valence-electron chi connectivity index (χ1n) is 6.00. The summed E-state index contributed by atoms with van der Waals surface area (Å²) in [7, 11) is 0. The van der Waals surface area contributed by atoms with Gasteiger partial charge in [-0.25, -0.2) is 0 Å². The monoisotopic (exact) mass is 231 g/mol.